The van der Waals surface area contributed by atoms with Crippen LogP contribution >= 0.6 is 0 Å². The third-order valence-electron chi connectivity index (χ3n) is 6.11. The quantitative estimate of drug-likeness (QED) is 0.447. The zero-order valence-electron chi connectivity index (χ0n) is 17.9. The van der Waals surface area contributed by atoms with E-state index < -0.39 is 29.1 Å². The molecule has 1 aliphatic heterocycles. The van der Waals surface area contributed by atoms with E-state index in [1.54, 1.807) is 29.2 Å². The Kier molecular flexibility index (Phi) is 6.10. The molecular formula is C26H21F3N2O2. The molecule has 2 atom stereocenters. The summed E-state index contributed by atoms with van der Waals surface area (Å²) in [7, 11) is 0. The van der Waals surface area contributed by atoms with Crippen LogP contribution in [0.2, 0.25) is 0 Å². The van der Waals surface area contributed by atoms with Crippen molar-refractivity contribution < 1.29 is 22.7 Å². The van der Waals surface area contributed by atoms with E-state index in [-0.39, 0.29) is 18.0 Å². The summed E-state index contributed by atoms with van der Waals surface area (Å²) in [5.74, 6) is -1.70. The molecule has 3 aromatic carbocycles. The van der Waals surface area contributed by atoms with Gasteiger partial charge in [0.05, 0.1) is 18.5 Å². The highest BCUT2D eigenvalue weighted by Crippen LogP contribution is 2.39. The second kappa shape index (κ2) is 8.99. The van der Waals surface area contributed by atoms with Crippen LogP contribution in [-0.2, 0) is 10.3 Å². The Bertz CT molecular complexity index is 1210. The van der Waals surface area contributed by atoms with E-state index in [9.17, 15) is 23.2 Å². The van der Waals surface area contributed by atoms with Crippen molar-refractivity contribution in [1.82, 2.24) is 4.90 Å². The fraction of sp³-hybridized carbons (Fsp3) is 0.231. The molecule has 1 aliphatic rings. The van der Waals surface area contributed by atoms with Gasteiger partial charge in [0.1, 0.15) is 17.5 Å². The van der Waals surface area contributed by atoms with Crippen molar-refractivity contribution in [2.75, 3.05) is 6.54 Å². The molecule has 168 valence electrons. The lowest BCUT2D eigenvalue weighted by molar-refractivity contribution is -0.0579. The topological polar surface area (TPSA) is 53.3 Å². The third-order valence-corrected chi connectivity index (χ3v) is 6.11. The fourth-order valence-corrected chi connectivity index (χ4v) is 4.18. The number of amides is 1. The molecule has 7 heteroatoms. The second-order valence-corrected chi connectivity index (χ2v) is 8.07. The van der Waals surface area contributed by atoms with Crippen LogP contribution in [0.15, 0.2) is 66.7 Å². The highest BCUT2D eigenvalue weighted by atomic mass is 19.1. The summed E-state index contributed by atoms with van der Waals surface area (Å²) in [5.41, 5.74) is 1.15. The van der Waals surface area contributed by atoms with Crippen molar-refractivity contribution in [2.24, 2.45) is 0 Å². The lowest BCUT2D eigenvalue weighted by Gasteiger charge is -2.42. The maximum atomic E-state index is 14.1. The van der Waals surface area contributed by atoms with Crippen LogP contribution in [0.5, 0.6) is 0 Å². The number of nitriles is 1. The number of rotatable bonds is 5. The maximum Gasteiger partial charge on any atom is 0.411 e. The first-order valence-corrected chi connectivity index (χ1v) is 10.5. The molecule has 0 aliphatic carbocycles. The Labute approximate surface area is 189 Å². The van der Waals surface area contributed by atoms with Crippen molar-refractivity contribution in [3.63, 3.8) is 0 Å². The van der Waals surface area contributed by atoms with Gasteiger partial charge in [-0.2, -0.15) is 5.26 Å². The zero-order valence-corrected chi connectivity index (χ0v) is 17.9. The van der Waals surface area contributed by atoms with E-state index in [2.05, 4.69) is 6.07 Å². The lowest BCUT2D eigenvalue weighted by atomic mass is 9.86. The monoisotopic (exact) mass is 450 g/mol. The average molecular weight is 450 g/mol. The molecule has 33 heavy (non-hydrogen) atoms. The maximum absolute atomic E-state index is 14.1. The smallest absolute Gasteiger partial charge is 0.411 e. The zero-order chi connectivity index (χ0) is 23.6. The van der Waals surface area contributed by atoms with Crippen LogP contribution in [0.25, 0.3) is 11.1 Å². The van der Waals surface area contributed by atoms with E-state index in [1.807, 2.05) is 6.92 Å². The molecule has 0 spiro atoms. The highest BCUT2D eigenvalue weighted by Gasteiger charge is 2.43. The number of ether oxygens (including phenoxy) is 1. The first kappa shape index (κ1) is 22.4. The number of hydrogen-bond donors (Lipinski definition) is 0. The Balaban J connectivity index is 1.53. The fourth-order valence-electron chi connectivity index (χ4n) is 4.18. The van der Waals surface area contributed by atoms with Gasteiger partial charge in [0.25, 0.3) is 0 Å². The number of carbonyl (C=O) groups excluding carboxylic acids is 1. The number of hydrogen-bond acceptors (Lipinski definition) is 3. The summed E-state index contributed by atoms with van der Waals surface area (Å²) in [6.45, 7) is 2.19. The minimum atomic E-state index is -1.13. The number of nitrogens with zero attached hydrogens (tertiary/aromatic N) is 2. The van der Waals surface area contributed by atoms with Crippen LogP contribution in [0.1, 0.15) is 36.9 Å². The van der Waals surface area contributed by atoms with Gasteiger partial charge in [0.15, 0.2) is 5.60 Å². The summed E-state index contributed by atoms with van der Waals surface area (Å²) in [6, 6.07) is 17.8. The van der Waals surface area contributed by atoms with Gasteiger partial charge >= 0.3 is 6.09 Å². The lowest BCUT2D eigenvalue weighted by Crippen LogP contribution is -2.48. The minimum Gasteiger partial charge on any atom is -0.437 e. The molecule has 0 bridgehead atoms. The molecule has 0 saturated carbocycles. The summed E-state index contributed by atoms with van der Waals surface area (Å²) in [6.07, 6.45) is -0.229. The number of benzene rings is 3. The Hall–Kier alpha value is -3.79. The molecule has 4 nitrogen and oxygen atoms in total. The summed E-state index contributed by atoms with van der Waals surface area (Å²) >= 11 is 0. The molecule has 1 fully saturated rings. The number of carbonyl (C=O) groups is 1. The van der Waals surface area contributed by atoms with Gasteiger partial charge in [-0.25, -0.2) is 18.0 Å². The van der Waals surface area contributed by atoms with Crippen LogP contribution in [-0.4, -0.2) is 17.5 Å². The van der Waals surface area contributed by atoms with Crippen molar-refractivity contribution in [1.29, 1.82) is 5.26 Å². The van der Waals surface area contributed by atoms with E-state index >= 15 is 0 Å². The van der Waals surface area contributed by atoms with Gasteiger partial charge in [-0.15, -0.1) is 0 Å². The third kappa shape index (κ3) is 4.42. The Morgan fingerprint density at radius 3 is 2.30 bits per heavy atom. The standard InChI is InChI=1S/C26H21F3N2O2/c1-17(18-2-4-19(5-3-18)23-11-10-22(28)16-24(23)29)31-15-13-26(12-14-30,33-25(31)32)20-6-8-21(27)9-7-20/h2-11,16-17H,12-13,15H2,1H3. The molecule has 1 heterocycles. The van der Waals surface area contributed by atoms with Gasteiger partial charge in [-0.1, -0.05) is 36.4 Å². The summed E-state index contributed by atoms with van der Waals surface area (Å²) < 4.78 is 46.4. The normalized spacial score (nSPS) is 19.0. The van der Waals surface area contributed by atoms with Crippen LogP contribution in [0.3, 0.4) is 0 Å². The van der Waals surface area contributed by atoms with Gasteiger partial charge in [-0.3, -0.25) is 0 Å². The molecule has 0 radical (unpaired) electrons. The molecule has 2 unspecified atom stereocenters. The van der Waals surface area contributed by atoms with Gasteiger partial charge < -0.3 is 9.64 Å². The Morgan fingerprint density at radius 1 is 1.03 bits per heavy atom. The van der Waals surface area contributed by atoms with E-state index in [4.69, 9.17) is 4.74 Å². The van der Waals surface area contributed by atoms with Crippen LogP contribution < -0.4 is 0 Å². The van der Waals surface area contributed by atoms with E-state index in [0.29, 0.717) is 24.1 Å². The largest absolute Gasteiger partial charge is 0.437 e. The first-order chi connectivity index (χ1) is 15.8. The minimum absolute atomic E-state index is 0.0372. The van der Waals surface area contributed by atoms with Crippen molar-refractivity contribution in [2.45, 2.75) is 31.4 Å². The summed E-state index contributed by atoms with van der Waals surface area (Å²) in [5, 5.41) is 9.32. The summed E-state index contributed by atoms with van der Waals surface area (Å²) in [4.78, 5) is 14.5. The van der Waals surface area contributed by atoms with Gasteiger partial charge in [0.2, 0.25) is 0 Å². The van der Waals surface area contributed by atoms with Crippen molar-refractivity contribution in [3.05, 3.63) is 95.3 Å². The Morgan fingerprint density at radius 2 is 1.70 bits per heavy atom. The van der Waals surface area contributed by atoms with Gasteiger partial charge in [-0.05, 0) is 47.9 Å². The molecule has 0 aromatic heterocycles. The predicted octanol–water partition coefficient (Wildman–Crippen LogP) is 6.48. The molecule has 4 rings (SSSR count). The molecular weight excluding hydrogens is 429 g/mol. The van der Waals surface area contributed by atoms with E-state index in [1.165, 1.54) is 36.4 Å². The van der Waals surface area contributed by atoms with Crippen LogP contribution in [0.4, 0.5) is 18.0 Å². The molecule has 1 amide bonds. The van der Waals surface area contributed by atoms with E-state index in [0.717, 1.165) is 11.6 Å². The number of cyclic esters (lactones) is 1. The molecule has 3 aromatic rings. The SMILES string of the molecule is CC(c1ccc(-c2ccc(F)cc2F)cc1)N1CCC(CC#N)(c2ccc(F)cc2)OC1=O. The average Bonchev–Trinajstić information content (AvgIpc) is 2.79. The number of halogens is 3. The van der Waals surface area contributed by atoms with Gasteiger partial charge in [0, 0.05) is 24.6 Å². The highest BCUT2D eigenvalue weighted by molar-refractivity contribution is 5.70. The molecule has 1 saturated heterocycles. The molecule has 0 N–H and O–H groups in total. The van der Waals surface area contributed by atoms with Crippen molar-refractivity contribution >= 4 is 6.09 Å². The second-order valence-electron chi connectivity index (χ2n) is 8.07. The van der Waals surface area contributed by atoms with Crippen molar-refractivity contribution in [3.8, 4) is 17.2 Å². The predicted molar refractivity (Wildman–Crippen MR) is 116 cm³/mol. The first-order valence-electron chi connectivity index (χ1n) is 10.5. The van der Waals surface area contributed by atoms with Crippen LogP contribution in [0, 0.1) is 28.8 Å².